The van der Waals surface area contributed by atoms with E-state index in [1.165, 1.54) is 11.3 Å². The molecule has 1 aromatic heterocycles. The van der Waals surface area contributed by atoms with Crippen molar-refractivity contribution in [2.75, 3.05) is 0 Å². The van der Waals surface area contributed by atoms with Crippen molar-refractivity contribution < 1.29 is 9.90 Å². The van der Waals surface area contributed by atoms with Gasteiger partial charge in [-0.3, -0.25) is 4.79 Å². The minimum Gasteiger partial charge on any atom is -0.481 e. The van der Waals surface area contributed by atoms with Crippen LogP contribution in [-0.4, -0.2) is 16.1 Å². The fraction of sp³-hybridized carbons (Fsp3) is 0.286. The van der Waals surface area contributed by atoms with Gasteiger partial charge < -0.3 is 5.11 Å². The molecule has 0 aliphatic carbocycles. The van der Waals surface area contributed by atoms with Gasteiger partial charge in [-0.25, -0.2) is 4.98 Å². The molecule has 0 bridgehead atoms. The van der Waals surface area contributed by atoms with Crippen LogP contribution in [0.3, 0.4) is 0 Å². The molecular weight excluding hydrogens is 326 g/mol. The number of thiazole rings is 1. The Bertz CT molecular complexity index is 634. The summed E-state index contributed by atoms with van der Waals surface area (Å²) < 4.78 is 1.03. The Balaban J connectivity index is 2.41. The number of carbonyl (C=O) groups is 1. The number of hydrogen-bond donors (Lipinski definition) is 1. The zero-order chi connectivity index (χ0) is 14.2. The van der Waals surface area contributed by atoms with E-state index in [9.17, 15) is 9.90 Å². The van der Waals surface area contributed by atoms with Gasteiger partial charge in [0, 0.05) is 15.4 Å². The quantitative estimate of drug-likeness (QED) is 0.909. The van der Waals surface area contributed by atoms with Crippen molar-refractivity contribution in [2.24, 2.45) is 0 Å². The molecule has 0 saturated carbocycles. The maximum Gasteiger partial charge on any atom is 0.315 e. The highest BCUT2D eigenvalue weighted by Crippen LogP contribution is 2.32. The summed E-state index contributed by atoms with van der Waals surface area (Å²) in [5.74, 6) is -0.866. The molecule has 1 N–H and O–H groups in total. The molecule has 19 heavy (non-hydrogen) atoms. The molecule has 0 saturated heterocycles. The van der Waals surface area contributed by atoms with Gasteiger partial charge in [-0.1, -0.05) is 28.1 Å². The van der Waals surface area contributed by atoms with Crippen LogP contribution in [0.5, 0.6) is 0 Å². The van der Waals surface area contributed by atoms with Crippen molar-refractivity contribution in [1.82, 2.24) is 4.98 Å². The van der Waals surface area contributed by atoms with Gasteiger partial charge in [0.2, 0.25) is 0 Å². The van der Waals surface area contributed by atoms with Crippen molar-refractivity contribution in [3.8, 4) is 10.6 Å². The van der Waals surface area contributed by atoms with Crippen LogP contribution >= 0.6 is 27.3 Å². The smallest absolute Gasteiger partial charge is 0.315 e. The number of aryl methyl sites for hydroxylation is 1. The van der Waals surface area contributed by atoms with Gasteiger partial charge in [0.25, 0.3) is 0 Å². The molecule has 5 heteroatoms. The summed E-state index contributed by atoms with van der Waals surface area (Å²) in [5.41, 5.74) is 1.79. The Morgan fingerprint density at radius 2 is 2.11 bits per heavy atom. The monoisotopic (exact) mass is 339 g/mol. The third kappa shape index (κ3) is 2.72. The van der Waals surface area contributed by atoms with Crippen LogP contribution in [0, 0.1) is 6.92 Å². The molecule has 100 valence electrons. The lowest BCUT2D eigenvalue weighted by molar-refractivity contribution is -0.142. The standard InChI is InChI=1S/C14H14BrNO2S/c1-8-4-5-9(6-10(8)15)12-16-11(7-19-12)14(2,3)13(17)18/h4-7H,1-3H3,(H,17,18). The Morgan fingerprint density at radius 1 is 1.42 bits per heavy atom. The number of carboxylic acid groups (broad SMARTS) is 1. The highest BCUT2D eigenvalue weighted by atomic mass is 79.9. The van der Waals surface area contributed by atoms with Crippen LogP contribution < -0.4 is 0 Å². The van der Waals surface area contributed by atoms with Gasteiger partial charge in [0.15, 0.2) is 0 Å². The number of benzene rings is 1. The first-order valence-corrected chi connectivity index (χ1v) is 7.45. The highest BCUT2D eigenvalue weighted by Gasteiger charge is 2.32. The highest BCUT2D eigenvalue weighted by molar-refractivity contribution is 9.10. The second kappa shape index (κ2) is 5.06. The molecule has 0 atom stereocenters. The Hall–Kier alpha value is -1.20. The number of aromatic nitrogens is 1. The first kappa shape index (κ1) is 14.2. The van der Waals surface area contributed by atoms with Gasteiger partial charge >= 0.3 is 5.97 Å². The molecule has 0 amide bonds. The van der Waals surface area contributed by atoms with Crippen LogP contribution in [-0.2, 0) is 10.2 Å². The molecule has 0 aliphatic rings. The third-order valence-corrected chi connectivity index (χ3v) is 4.84. The lowest BCUT2D eigenvalue weighted by Gasteiger charge is -2.15. The maximum atomic E-state index is 11.2. The lowest BCUT2D eigenvalue weighted by Crippen LogP contribution is -2.28. The van der Waals surface area contributed by atoms with Crippen molar-refractivity contribution in [3.05, 3.63) is 39.3 Å². The molecular formula is C14H14BrNO2S. The first-order valence-electron chi connectivity index (χ1n) is 5.78. The predicted molar refractivity (Wildman–Crippen MR) is 80.6 cm³/mol. The van der Waals surface area contributed by atoms with Gasteiger partial charge in [0.1, 0.15) is 10.4 Å². The average Bonchev–Trinajstić information content (AvgIpc) is 2.82. The van der Waals surface area contributed by atoms with Crippen molar-refractivity contribution in [3.63, 3.8) is 0 Å². The van der Waals surface area contributed by atoms with E-state index in [1.54, 1.807) is 13.8 Å². The fourth-order valence-corrected chi connectivity index (χ4v) is 2.89. The van der Waals surface area contributed by atoms with Crippen LogP contribution in [0.4, 0.5) is 0 Å². The fourth-order valence-electron chi connectivity index (χ4n) is 1.53. The van der Waals surface area contributed by atoms with Gasteiger partial charge in [0.05, 0.1) is 5.69 Å². The summed E-state index contributed by atoms with van der Waals surface area (Å²) in [6.07, 6.45) is 0. The zero-order valence-electron chi connectivity index (χ0n) is 10.9. The van der Waals surface area contributed by atoms with Crippen LogP contribution in [0.2, 0.25) is 0 Å². The summed E-state index contributed by atoms with van der Waals surface area (Å²) in [5, 5.41) is 11.9. The van der Waals surface area contributed by atoms with E-state index in [4.69, 9.17) is 0 Å². The van der Waals surface area contributed by atoms with Crippen LogP contribution in [0.15, 0.2) is 28.1 Å². The SMILES string of the molecule is Cc1ccc(-c2nc(C(C)(C)C(=O)O)cs2)cc1Br. The van der Waals surface area contributed by atoms with Crippen molar-refractivity contribution >= 4 is 33.2 Å². The summed E-state index contributed by atoms with van der Waals surface area (Å²) in [7, 11) is 0. The van der Waals surface area contributed by atoms with E-state index in [-0.39, 0.29) is 0 Å². The molecule has 0 radical (unpaired) electrons. The van der Waals surface area contributed by atoms with E-state index in [2.05, 4.69) is 20.9 Å². The number of halogens is 1. The second-order valence-electron chi connectivity index (χ2n) is 4.93. The molecule has 1 heterocycles. The maximum absolute atomic E-state index is 11.2. The van der Waals surface area contributed by atoms with E-state index >= 15 is 0 Å². The third-order valence-electron chi connectivity index (χ3n) is 3.10. The van der Waals surface area contributed by atoms with Crippen LogP contribution in [0.25, 0.3) is 10.6 Å². The second-order valence-corrected chi connectivity index (χ2v) is 6.64. The van der Waals surface area contributed by atoms with Gasteiger partial charge in [-0.15, -0.1) is 11.3 Å². The predicted octanol–water partition coefficient (Wildman–Crippen LogP) is 4.24. The van der Waals surface area contributed by atoms with E-state index in [0.717, 1.165) is 20.6 Å². The zero-order valence-corrected chi connectivity index (χ0v) is 13.3. The number of aliphatic carboxylic acids is 1. The number of nitrogens with zero attached hydrogens (tertiary/aromatic N) is 1. The molecule has 0 unspecified atom stereocenters. The molecule has 2 rings (SSSR count). The Labute approximate surface area is 124 Å². The summed E-state index contributed by atoms with van der Waals surface area (Å²) in [4.78, 5) is 15.7. The normalized spacial score (nSPS) is 11.6. The van der Waals surface area contributed by atoms with Crippen LogP contribution in [0.1, 0.15) is 25.1 Å². The minimum absolute atomic E-state index is 0.594. The van der Waals surface area contributed by atoms with Gasteiger partial charge in [-0.2, -0.15) is 0 Å². The van der Waals surface area contributed by atoms with Crippen molar-refractivity contribution in [1.29, 1.82) is 0 Å². The molecule has 0 spiro atoms. The topological polar surface area (TPSA) is 50.2 Å². The molecule has 2 aromatic rings. The summed E-state index contributed by atoms with van der Waals surface area (Å²) in [6, 6.07) is 6.02. The number of carboxylic acids is 1. The average molecular weight is 340 g/mol. The van der Waals surface area contributed by atoms with E-state index < -0.39 is 11.4 Å². The van der Waals surface area contributed by atoms with Crippen molar-refractivity contribution in [2.45, 2.75) is 26.2 Å². The lowest BCUT2D eigenvalue weighted by atomic mass is 9.90. The van der Waals surface area contributed by atoms with Gasteiger partial charge in [-0.05, 0) is 32.4 Å². The van der Waals surface area contributed by atoms with E-state index in [1.807, 2.05) is 30.5 Å². The number of rotatable bonds is 3. The summed E-state index contributed by atoms with van der Waals surface area (Å²) in [6.45, 7) is 5.35. The molecule has 0 aliphatic heterocycles. The first-order chi connectivity index (χ1) is 8.82. The largest absolute Gasteiger partial charge is 0.481 e. The molecule has 1 aromatic carbocycles. The molecule has 0 fully saturated rings. The summed E-state index contributed by atoms with van der Waals surface area (Å²) >= 11 is 4.96. The number of hydrogen-bond acceptors (Lipinski definition) is 3. The Kier molecular flexibility index (Phi) is 3.78. The molecule has 3 nitrogen and oxygen atoms in total. The Morgan fingerprint density at radius 3 is 2.68 bits per heavy atom. The van der Waals surface area contributed by atoms with E-state index in [0.29, 0.717) is 5.69 Å². The minimum atomic E-state index is -0.962.